The molecule has 0 aliphatic carbocycles. The van der Waals surface area contributed by atoms with Crippen LogP contribution < -0.4 is 4.74 Å². The fourth-order valence-corrected chi connectivity index (χ4v) is 5.15. The average Bonchev–Trinajstić information content (AvgIpc) is 2.88. The first-order chi connectivity index (χ1) is 16.3. The summed E-state index contributed by atoms with van der Waals surface area (Å²) in [6.07, 6.45) is 1.88. The van der Waals surface area contributed by atoms with Crippen molar-refractivity contribution in [2.75, 3.05) is 45.2 Å². The van der Waals surface area contributed by atoms with Crippen molar-refractivity contribution in [3.63, 3.8) is 0 Å². The lowest BCUT2D eigenvalue weighted by Gasteiger charge is -2.26. The van der Waals surface area contributed by atoms with Crippen LogP contribution in [0, 0.1) is 0 Å². The molecule has 1 heterocycles. The predicted molar refractivity (Wildman–Crippen MR) is 136 cm³/mol. The highest BCUT2D eigenvalue weighted by atomic mass is 32.2. The standard InChI is InChI=1S/C28H33NO3S/c30-33(22-15-24-5-2-1-3-6-24)23-25-7-9-26(10-8-25)27-11-13-28(14-12-27)32-19-4-16-29-17-20-31-21-18-29/h1-3,5-14H,4,15-23H2. The summed E-state index contributed by atoms with van der Waals surface area (Å²) in [6.45, 7) is 5.52. The van der Waals surface area contributed by atoms with Gasteiger partial charge in [-0.05, 0) is 46.4 Å². The molecule has 3 aromatic carbocycles. The van der Waals surface area contributed by atoms with Crippen LogP contribution in [-0.2, 0) is 28.1 Å². The van der Waals surface area contributed by atoms with Gasteiger partial charge < -0.3 is 14.0 Å². The van der Waals surface area contributed by atoms with Gasteiger partial charge in [0.1, 0.15) is 17.3 Å². The van der Waals surface area contributed by atoms with Crippen LogP contribution in [0.1, 0.15) is 17.5 Å². The van der Waals surface area contributed by atoms with Crippen molar-refractivity contribution in [1.29, 1.82) is 0 Å². The van der Waals surface area contributed by atoms with E-state index in [1.54, 1.807) is 0 Å². The van der Waals surface area contributed by atoms with E-state index in [4.69, 9.17) is 9.47 Å². The Bertz CT molecular complexity index is 941. The summed E-state index contributed by atoms with van der Waals surface area (Å²) < 4.78 is 23.8. The van der Waals surface area contributed by atoms with Gasteiger partial charge in [-0.25, -0.2) is 0 Å². The molecule has 1 atom stereocenters. The molecule has 4 nitrogen and oxygen atoms in total. The van der Waals surface area contributed by atoms with Crippen LogP contribution in [-0.4, -0.2) is 54.7 Å². The zero-order valence-electron chi connectivity index (χ0n) is 19.2. The predicted octanol–water partition coefficient (Wildman–Crippen LogP) is 4.95. The molecule has 1 fully saturated rings. The minimum atomic E-state index is -0.858. The second-order valence-corrected chi connectivity index (χ2v) is 9.98. The van der Waals surface area contributed by atoms with Crippen molar-refractivity contribution >= 4 is 11.2 Å². The van der Waals surface area contributed by atoms with E-state index in [9.17, 15) is 4.55 Å². The molecule has 1 saturated heterocycles. The monoisotopic (exact) mass is 463 g/mol. The Labute approximate surface area is 200 Å². The summed E-state index contributed by atoms with van der Waals surface area (Å²) in [6, 6.07) is 26.9. The zero-order valence-corrected chi connectivity index (χ0v) is 20.0. The molecule has 0 saturated carbocycles. The Morgan fingerprint density at radius 1 is 0.818 bits per heavy atom. The van der Waals surface area contributed by atoms with Gasteiger partial charge in [0.05, 0.1) is 19.8 Å². The molecule has 3 aromatic rings. The number of ether oxygens (including phenoxy) is 2. The highest BCUT2D eigenvalue weighted by Crippen LogP contribution is 2.23. The van der Waals surface area contributed by atoms with Crippen molar-refractivity contribution in [3.05, 3.63) is 90.0 Å². The third kappa shape index (κ3) is 7.90. The Morgan fingerprint density at radius 2 is 1.48 bits per heavy atom. The maximum absolute atomic E-state index is 12.5. The smallest absolute Gasteiger partial charge is 0.130 e. The van der Waals surface area contributed by atoms with Crippen LogP contribution >= 0.6 is 0 Å². The van der Waals surface area contributed by atoms with Crippen LogP contribution in [0.3, 0.4) is 0 Å². The molecule has 0 aromatic heterocycles. The first kappa shape index (κ1) is 23.8. The van der Waals surface area contributed by atoms with Crippen LogP contribution in [0.2, 0.25) is 0 Å². The lowest BCUT2D eigenvalue weighted by atomic mass is 10.0. The molecule has 1 unspecified atom stereocenters. The molecule has 33 heavy (non-hydrogen) atoms. The van der Waals surface area contributed by atoms with Gasteiger partial charge in [-0.15, -0.1) is 0 Å². The molecular formula is C28H33NO3S. The lowest BCUT2D eigenvalue weighted by Crippen LogP contribution is -2.37. The Balaban J connectivity index is 1.20. The van der Waals surface area contributed by atoms with Crippen LogP contribution in [0.25, 0.3) is 11.1 Å². The normalized spacial score (nSPS) is 15.3. The van der Waals surface area contributed by atoms with Crippen LogP contribution in [0.4, 0.5) is 0 Å². The van der Waals surface area contributed by atoms with E-state index < -0.39 is 11.2 Å². The van der Waals surface area contributed by atoms with E-state index in [0.29, 0.717) is 11.5 Å². The molecule has 174 valence electrons. The minimum Gasteiger partial charge on any atom is -0.616 e. The van der Waals surface area contributed by atoms with E-state index in [-0.39, 0.29) is 0 Å². The third-order valence-corrected chi connectivity index (χ3v) is 7.24. The highest BCUT2D eigenvalue weighted by Gasteiger charge is 2.10. The van der Waals surface area contributed by atoms with Gasteiger partial charge in [0.25, 0.3) is 0 Å². The summed E-state index contributed by atoms with van der Waals surface area (Å²) in [5, 5.41) is 0. The first-order valence-electron chi connectivity index (χ1n) is 11.8. The molecular weight excluding hydrogens is 430 g/mol. The zero-order chi connectivity index (χ0) is 22.7. The number of morpholine rings is 1. The molecule has 5 heteroatoms. The highest BCUT2D eigenvalue weighted by molar-refractivity contribution is 7.90. The summed E-state index contributed by atoms with van der Waals surface area (Å²) in [4.78, 5) is 2.43. The molecule has 1 aliphatic heterocycles. The van der Waals surface area contributed by atoms with Crippen LogP contribution in [0.15, 0.2) is 78.9 Å². The Hall–Kier alpha value is -2.31. The van der Waals surface area contributed by atoms with Gasteiger partial charge in [0.2, 0.25) is 0 Å². The first-order valence-corrected chi connectivity index (χ1v) is 13.3. The van der Waals surface area contributed by atoms with Crippen molar-refractivity contribution < 1.29 is 14.0 Å². The number of benzene rings is 3. The van der Waals surface area contributed by atoms with Gasteiger partial charge in [0.15, 0.2) is 0 Å². The third-order valence-electron chi connectivity index (χ3n) is 5.92. The van der Waals surface area contributed by atoms with E-state index in [2.05, 4.69) is 53.4 Å². The summed E-state index contributed by atoms with van der Waals surface area (Å²) in [5.41, 5.74) is 4.68. The van der Waals surface area contributed by atoms with Gasteiger partial charge in [-0.2, -0.15) is 0 Å². The van der Waals surface area contributed by atoms with Gasteiger partial charge in [-0.1, -0.05) is 66.7 Å². The molecule has 0 amide bonds. The minimum absolute atomic E-state index is 0.602. The van der Waals surface area contributed by atoms with Gasteiger partial charge >= 0.3 is 0 Å². The van der Waals surface area contributed by atoms with Crippen molar-refractivity contribution in [2.24, 2.45) is 0 Å². The maximum atomic E-state index is 12.5. The maximum Gasteiger partial charge on any atom is 0.130 e. The van der Waals surface area contributed by atoms with Crippen molar-refractivity contribution in [2.45, 2.75) is 18.6 Å². The topological polar surface area (TPSA) is 44.8 Å². The van der Waals surface area contributed by atoms with Crippen molar-refractivity contribution in [3.8, 4) is 16.9 Å². The fraction of sp³-hybridized carbons (Fsp3) is 0.357. The number of hydrogen-bond donors (Lipinski definition) is 0. The summed E-state index contributed by atoms with van der Waals surface area (Å²) in [7, 11) is 0. The summed E-state index contributed by atoms with van der Waals surface area (Å²) >= 11 is -0.858. The molecule has 0 bridgehead atoms. The van der Waals surface area contributed by atoms with E-state index in [1.165, 1.54) is 5.56 Å². The number of hydrogen-bond acceptors (Lipinski definition) is 4. The number of aryl methyl sites for hydroxylation is 1. The Kier molecular flexibility index (Phi) is 9.25. The van der Waals surface area contributed by atoms with Crippen LogP contribution in [0.5, 0.6) is 5.75 Å². The van der Waals surface area contributed by atoms with E-state index in [1.807, 2.05) is 30.3 Å². The average molecular weight is 464 g/mol. The van der Waals surface area contributed by atoms with E-state index in [0.717, 1.165) is 74.7 Å². The molecule has 0 N–H and O–H groups in total. The second kappa shape index (κ2) is 12.8. The molecule has 0 spiro atoms. The molecule has 0 radical (unpaired) electrons. The number of rotatable bonds is 11. The lowest BCUT2D eigenvalue weighted by molar-refractivity contribution is 0.0358. The molecule has 1 aliphatic rings. The molecule has 4 rings (SSSR count). The second-order valence-electron chi connectivity index (χ2n) is 8.40. The largest absolute Gasteiger partial charge is 0.616 e. The van der Waals surface area contributed by atoms with Gasteiger partial charge in [0, 0.05) is 31.6 Å². The quantitative estimate of drug-likeness (QED) is 0.298. The Morgan fingerprint density at radius 3 is 2.18 bits per heavy atom. The summed E-state index contributed by atoms with van der Waals surface area (Å²) in [5.74, 6) is 2.20. The SMILES string of the molecule is [O-][S+](CCc1ccccc1)Cc1ccc(-c2ccc(OCCCN3CCOCC3)cc2)cc1. The van der Waals surface area contributed by atoms with E-state index >= 15 is 0 Å². The van der Waals surface area contributed by atoms with Crippen molar-refractivity contribution in [1.82, 2.24) is 4.90 Å². The fourth-order valence-electron chi connectivity index (χ4n) is 3.97. The van der Waals surface area contributed by atoms with Gasteiger partial charge in [-0.3, -0.25) is 4.90 Å². The number of nitrogens with zero attached hydrogens (tertiary/aromatic N) is 1.